The van der Waals surface area contributed by atoms with E-state index in [0.29, 0.717) is 18.4 Å². The van der Waals surface area contributed by atoms with Gasteiger partial charge >= 0.3 is 0 Å². The quantitative estimate of drug-likeness (QED) is 0.656. The Morgan fingerprint density at radius 3 is 2.60 bits per heavy atom. The molecule has 0 aliphatic carbocycles. The molecule has 114 valence electrons. The largest absolute Gasteiger partial charge is 0.477 e. The molecule has 0 amide bonds. The van der Waals surface area contributed by atoms with Crippen LogP contribution in [0.4, 0.5) is 5.82 Å². The maximum Gasteiger partial charge on any atom is 0.218 e. The molecule has 1 rings (SSSR count). The third-order valence-electron chi connectivity index (χ3n) is 2.87. The molecule has 0 spiro atoms. The molecule has 0 unspecified atom stereocenters. The van der Waals surface area contributed by atoms with Crippen molar-refractivity contribution in [1.82, 2.24) is 9.97 Å². The minimum atomic E-state index is 0.501. The Morgan fingerprint density at radius 2 is 1.95 bits per heavy atom. The fourth-order valence-corrected chi connectivity index (χ4v) is 1.82. The summed E-state index contributed by atoms with van der Waals surface area (Å²) in [5, 5.41) is 3.38. The van der Waals surface area contributed by atoms with Crippen LogP contribution < -0.4 is 10.1 Å². The Hall–Kier alpha value is -1.32. The van der Waals surface area contributed by atoms with Gasteiger partial charge < -0.3 is 10.1 Å². The first-order valence-corrected chi connectivity index (χ1v) is 7.90. The number of nitrogens with zero attached hydrogens (tertiary/aromatic N) is 2. The molecule has 0 aliphatic rings. The van der Waals surface area contributed by atoms with Gasteiger partial charge in [-0.3, -0.25) is 0 Å². The summed E-state index contributed by atoms with van der Waals surface area (Å²) < 4.78 is 5.73. The second-order valence-electron chi connectivity index (χ2n) is 5.60. The number of ether oxygens (including phenoxy) is 1. The average molecular weight is 279 g/mol. The van der Waals surface area contributed by atoms with Crippen LogP contribution in [-0.2, 0) is 6.42 Å². The molecule has 1 aromatic rings. The van der Waals surface area contributed by atoms with Gasteiger partial charge in [-0.2, -0.15) is 4.98 Å². The van der Waals surface area contributed by atoms with Crippen LogP contribution in [0.2, 0.25) is 0 Å². The van der Waals surface area contributed by atoms with E-state index < -0.39 is 0 Å². The molecule has 1 heterocycles. The van der Waals surface area contributed by atoms with Gasteiger partial charge in [-0.25, -0.2) is 4.98 Å². The lowest BCUT2D eigenvalue weighted by Crippen LogP contribution is -2.10. The molecule has 1 aromatic heterocycles. The monoisotopic (exact) mass is 279 g/mol. The van der Waals surface area contributed by atoms with Crippen molar-refractivity contribution in [2.75, 3.05) is 18.5 Å². The molecule has 0 aromatic carbocycles. The highest BCUT2D eigenvalue weighted by Gasteiger charge is 2.06. The van der Waals surface area contributed by atoms with Crippen LogP contribution in [0, 0.1) is 5.92 Å². The molecule has 4 nitrogen and oxygen atoms in total. The Kier molecular flexibility index (Phi) is 8.00. The van der Waals surface area contributed by atoms with Crippen molar-refractivity contribution in [3.05, 3.63) is 11.9 Å². The number of rotatable bonds is 10. The van der Waals surface area contributed by atoms with Gasteiger partial charge in [0.25, 0.3) is 0 Å². The van der Waals surface area contributed by atoms with Gasteiger partial charge in [0.15, 0.2) is 0 Å². The van der Waals surface area contributed by atoms with E-state index in [2.05, 4.69) is 43.0 Å². The van der Waals surface area contributed by atoms with E-state index in [1.54, 1.807) is 0 Å². The second-order valence-corrected chi connectivity index (χ2v) is 5.60. The van der Waals surface area contributed by atoms with Crippen LogP contribution in [0.3, 0.4) is 0 Å². The summed E-state index contributed by atoms with van der Waals surface area (Å²) in [6.07, 6.45) is 5.59. The molecule has 4 heteroatoms. The van der Waals surface area contributed by atoms with Crippen molar-refractivity contribution < 1.29 is 4.74 Å². The highest BCUT2D eigenvalue weighted by atomic mass is 16.5. The topological polar surface area (TPSA) is 47.0 Å². The van der Waals surface area contributed by atoms with Crippen molar-refractivity contribution in [2.45, 2.75) is 59.8 Å². The zero-order valence-corrected chi connectivity index (χ0v) is 13.4. The van der Waals surface area contributed by atoms with Crippen molar-refractivity contribution in [3.8, 4) is 5.88 Å². The smallest absolute Gasteiger partial charge is 0.218 e. The highest BCUT2D eigenvalue weighted by molar-refractivity contribution is 5.38. The molecule has 0 radical (unpaired) electrons. The van der Waals surface area contributed by atoms with Crippen molar-refractivity contribution >= 4 is 5.82 Å². The number of anilines is 1. The van der Waals surface area contributed by atoms with Crippen molar-refractivity contribution in [2.24, 2.45) is 5.92 Å². The Balaban J connectivity index is 2.65. The van der Waals surface area contributed by atoms with E-state index in [1.807, 2.05) is 6.07 Å². The van der Waals surface area contributed by atoms with Gasteiger partial charge in [0.05, 0.1) is 6.61 Å². The lowest BCUT2D eigenvalue weighted by molar-refractivity contribution is 0.260. The lowest BCUT2D eigenvalue weighted by atomic mass is 10.2. The third-order valence-corrected chi connectivity index (χ3v) is 2.87. The van der Waals surface area contributed by atoms with Crippen LogP contribution in [0.25, 0.3) is 0 Å². The number of hydrogen-bond acceptors (Lipinski definition) is 4. The summed E-state index contributed by atoms with van der Waals surface area (Å²) >= 11 is 0. The maximum absolute atomic E-state index is 5.73. The molecule has 0 aliphatic heterocycles. The highest BCUT2D eigenvalue weighted by Crippen LogP contribution is 2.15. The molecule has 0 atom stereocenters. The summed E-state index contributed by atoms with van der Waals surface area (Å²) in [6, 6.07) is 1.91. The van der Waals surface area contributed by atoms with Gasteiger partial charge in [0.1, 0.15) is 11.6 Å². The standard InChI is InChI=1S/C16H29N3O/c1-5-7-8-10-17-15-11-16(20-12-13(3)4)19-14(18-15)9-6-2/h11,13H,5-10,12H2,1-4H3,(H,17,18,19). The van der Waals surface area contributed by atoms with E-state index in [-0.39, 0.29) is 0 Å². The minimum absolute atomic E-state index is 0.501. The van der Waals surface area contributed by atoms with Gasteiger partial charge in [0, 0.05) is 19.0 Å². The summed E-state index contributed by atoms with van der Waals surface area (Å²) in [7, 11) is 0. The average Bonchev–Trinajstić information content (AvgIpc) is 2.42. The molecular weight excluding hydrogens is 250 g/mol. The van der Waals surface area contributed by atoms with Crippen LogP contribution in [0.5, 0.6) is 5.88 Å². The lowest BCUT2D eigenvalue weighted by Gasteiger charge is -2.12. The van der Waals surface area contributed by atoms with E-state index >= 15 is 0 Å². The molecule has 0 fully saturated rings. The number of unbranched alkanes of at least 4 members (excludes halogenated alkanes) is 2. The SMILES string of the molecule is CCCCCNc1cc(OCC(C)C)nc(CCC)n1. The molecule has 20 heavy (non-hydrogen) atoms. The predicted octanol–water partition coefficient (Wildman–Crippen LogP) is 4.07. The summed E-state index contributed by atoms with van der Waals surface area (Å²) in [5.74, 6) is 2.95. The molecular formula is C16H29N3O. The van der Waals surface area contributed by atoms with E-state index in [9.17, 15) is 0 Å². The normalized spacial score (nSPS) is 10.8. The van der Waals surface area contributed by atoms with Crippen LogP contribution in [0.15, 0.2) is 6.07 Å². The fraction of sp³-hybridized carbons (Fsp3) is 0.750. The van der Waals surface area contributed by atoms with Gasteiger partial charge in [-0.05, 0) is 18.8 Å². The molecule has 0 saturated heterocycles. The zero-order chi connectivity index (χ0) is 14.8. The number of aromatic nitrogens is 2. The first-order valence-electron chi connectivity index (χ1n) is 7.90. The van der Waals surface area contributed by atoms with E-state index in [4.69, 9.17) is 4.74 Å². The fourth-order valence-electron chi connectivity index (χ4n) is 1.82. The first kappa shape index (κ1) is 16.7. The number of nitrogens with one attached hydrogen (secondary N) is 1. The first-order chi connectivity index (χ1) is 9.65. The summed E-state index contributed by atoms with van der Waals surface area (Å²) in [4.78, 5) is 9.01. The van der Waals surface area contributed by atoms with Crippen LogP contribution in [0.1, 0.15) is 59.2 Å². The molecule has 0 saturated carbocycles. The van der Waals surface area contributed by atoms with Crippen LogP contribution in [-0.4, -0.2) is 23.1 Å². The van der Waals surface area contributed by atoms with Gasteiger partial charge in [-0.15, -0.1) is 0 Å². The van der Waals surface area contributed by atoms with Gasteiger partial charge in [-0.1, -0.05) is 40.5 Å². The van der Waals surface area contributed by atoms with Gasteiger partial charge in [0.2, 0.25) is 5.88 Å². The predicted molar refractivity (Wildman–Crippen MR) is 84.4 cm³/mol. The summed E-state index contributed by atoms with van der Waals surface area (Å²) in [5.41, 5.74) is 0. The maximum atomic E-state index is 5.73. The van der Waals surface area contributed by atoms with Crippen molar-refractivity contribution in [3.63, 3.8) is 0 Å². The number of aryl methyl sites for hydroxylation is 1. The van der Waals surface area contributed by atoms with Crippen LogP contribution >= 0.6 is 0 Å². The molecule has 1 N–H and O–H groups in total. The zero-order valence-electron chi connectivity index (χ0n) is 13.4. The number of hydrogen-bond donors (Lipinski definition) is 1. The van der Waals surface area contributed by atoms with Crippen molar-refractivity contribution in [1.29, 1.82) is 0 Å². The summed E-state index contributed by atoms with van der Waals surface area (Å²) in [6.45, 7) is 10.3. The van der Waals surface area contributed by atoms with E-state index in [1.165, 1.54) is 19.3 Å². The second kappa shape index (κ2) is 9.56. The third kappa shape index (κ3) is 6.73. The Labute approximate surface area is 123 Å². The Morgan fingerprint density at radius 1 is 1.15 bits per heavy atom. The van der Waals surface area contributed by atoms with E-state index in [0.717, 1.165) is 31.0 Å². The minimum Gasteiger partial charge on any atom is -0.477 e. The molecule has 0 bridgehead atoms. The Bertz CT molecular complexity index is 380.